The molecule has 152 valence electrons. The molecule has 0 spiro atoms. The SMILES string of the molecule is CC(C)(C)OC(=O)N[C@@H](Cc1c[nH]c2ccccc12)C(c1ccccc1)C1CC1. The summed E-state index contributed by atoms with van der Waals surface area (Å²) >= 11 is 0. The predicted molar refractivity (Wildman–Crippen MR) is 117 cm³/mol. The molecule has 0 aliphatic heterocycles. The average molecular weight is 391 g/mol. The molecule has 0 saturated heterocycles. The number of H-pyrrole nitrogens is 1. The first-order valence-electron chi connectivity index (χ1n) is 10.5. The number of fused-ring (bicyclic) bond motifs is 1. The Morgan fingerprint density at radius 1 is 1.10 bits per heavy atom. The fraction of sp³-hybridized carbons (Fsp3) is 0.400. The van der Waals surface area contributed by atoms with Gasteiger partial charge in [-0.1, -0.05) is 48.5 Å². The summed E-state index contributed by atoms with van der Waals surface area (Å²) in [5.41, 5.74) is 3.12. The van der Waals surface area contributed by atoms with E-state index < -0.39 is 5.60 Å². The minimum Gasteiger partial charge on any atom is -0.444 e. The normalized spacial score (nSPS) is 16.4. The number of nitrogens with one attached hydrogen (secondary N) is 2. The van der Waals surface area contributed by atoms with Crippen LogP contribution in [0.5, 0.6) is 0 Å². The summed E-state index contributed by atoms with van der Waals surface area (Å²) in [6, 6.07) is 18.9. The van der Waals surface area contributed by atoms with Crippen molar-refractivity contribution in [3.8, 4) is 0 Å². The van der Waals surface area contributed by atoms with Gasteiger partial charge in [-0.2, -0.15) is 0 Å². The standard InChI is InChI=1S/C25H30N2O2/c1-25(2,3)29-24(28)27-22(15-19-16-26-21-12-8-7-11-20(19)21)23(18-13-14-18)17-9-5-4-6-10-17/h4-12,16,18,22-23,26H,13-15H2,1-3H3,(H,27,28)/t22-,23?/m0/s1. The Labute approximate surface area is 172 Å². The maximum absolute atomic E-state index is 12.7. The average Bonchev–Trinajstić information content (AvgIpc) is 3.42. The van der Waals surface area contributed by atoms with Gasteiger partial charge in [0.2, 0.25) is 0 Å². The fourth-order valence-electron chi connectivity index (χ4n) is 4.23. The van der Waals surface area contributed by atoms with Crippen LogP contribution in [0.4, 0.5) is 4.79 Å². The number of carbonyl (C=O) groups is 1. The third-order valence-electron chi connectivity index (χ3n) is 5.56. The van der Waals surface area contributed by atoms with Crippen LogP contribution in [0.3, 0.4) is 0 Å². The molecule has 0 bridgehead atoms. The predicted octanol–water partition coefficient (Wildman–Crippen LogP) is 5.80. The number of ether oxygens (including phenoxy) is 1. The minimum absolute atomic E-state index is 0.0287. The van der Waals surface area contributed by atoms with Crippen LogP contribution in [0.15, 0.2) is 60.8 Å². The lowest BCUT2D eigenvalue weighted by atomic mass is 9.84. The molecule has 1 aliphatic rings. The number of carbonyl (C=O) groups excluding carboxylic acids is 1. The van der Waals surface area contributed by atoms with E-state index >= 15 is 0 Å². The number of para-hydroxylation sites is 1. The monoisotopic (exact) mass is 390 g/mol. The van der Waals surface area contributed by atoms with Gasteiger partial charge in [0, 0.05) is 29.1 Å². The van der Waals surface area contributed by atoms with E-state index in [1.165, 1.54) is 29.4 Å². The molecule has 1 amide bonds. The van der Waals surface area contributed by atoms with Gasteiger partial charge in [-0.15, -0.1) is 0 Å². The molecule has 4 heteroatoms. The van der Waals surface area contributed by atoms with Crippen LogP contribution in [-0.4, -0.2) is 22.7 Å². The highest BCUT2D eigenvalue weighted by atomic mass is 16.6. The summed E-state index contributed by atoms with van der Waals surface area (Å²) in [4.78, 5) is 16.1. The Bertz CT molecular complexity index is 967. The van der Waals surface area contributed by atoms with Crippen LogP contribution in [0.2, 0.25) is 0 Å². The molecule has 4 nitrogen and oxygen atoms in total. The van der Waals surface area contributed by atoms with E-state index in [4.69, 9.17) is 4.74 Å². The number of aromatic nitrogens is 1. The zero-order valence-electron chi connectivity index (χ0n) is 17.4. The van der Waals surface area contributed by atoms with E-state index in [9.17, 15) is 4.79 Å². The summed E-state index contributed by atoms with van der Waals surface area (Å²) < 4.78 is 5.60. The maximum Gasteiger partial charge on any atom is 0.407 e. The molecule has 4 rings (SSSR count). The second kappa shape index (κ2) is 7.94. The summed E-state index contributed by atoms with van der Waals surface area (Å²) in [6.07, 6.45) is 4.91. The lowest BCUT2D eigenvalue weighted by Crippen LogP contribution is -2.44. The topological polar surface area (TPSA) is 54.1 Å². The highest BCUT2D eigenvalue weighted by molar-refractivity contribution is 5.83. The molecule has 29 heavy (non-hydrogen) atoms. The van der Waals surface area contributed by atoms with E-state index in [0.717, 1.165) is 11.9 Å². The van der Waals surface area contributed by atoms with Crippen LogP contribution in [-0.2, 0) is 11.2 Å². The van der Waals surface area contributed by atoms with Gasteiger partial charge in [0.1, 0.15) is 5.60 Å². The van der Waals surface area contributed by atoms with Gasteiger partial charge >= 0.3 is 6.09 Å². The molecule has 1 unspecified atom stereocenters. The Morgan fingerprint density at radius 2 is 1.79 bits per heavy atom. The molecule has 2 N–H and O–H groups in total. The van der Waals surface area contributed by atoms with Crippen LogP contribution >= 0.6 is 0 Å². The van der Waals surface area contributed by atoms with E-state index in [2.05, 4.69) is 59.0 Å². The number of aromatic amines is 1. The zero-order chi connectivity index (χ0) is 20.4. The minimum atomic E-state index is -0.517. The first-order chi connectivity index (χ1) is 13.9. The smallest absolute Gasteiger partial charge is 0.407 e. The second-order valence-corrected chi connectivity index (χ2v) is 9.09. The van der Waals surface area contributed by atoms with Gasteiger partial charge in [-0.05, 0) is 63.1 Å². The third-order valence-corrected chi connectivity index (χ3v) is 5.56. The summed E-state index contributed by atoms with van der Waals surface area (Å²) in [5.74, 6) is 0.875. The van der Waals surface area contributed by atoms with E-state index in [0.29, 0.717) is 5.92 Å². The van der Waals surface area contributed by atoms with Crippen molar-refractivity contribution in [3.63, 3.8) is 0 Å². The lowest BCUT2D eigenvalue weighted by molar-refractivity contribution is 0.0494. The second-order valence-electron chi connectivity index (χ2n) is 9.09. The fourth-order valence-corrected chi connectivity index (χ4v) is 4.23. The third kappa shape index (κ3) is 4.81. The molecule has 1 aromatic heterocycles. The Balaban J connectivity index is 1.65. The lowest BCUT2D eigenvalue weighted by Gasteiger charge is -2.30. The van der Waals surface area contributed by atoms with Crippen molar-refractivity contribution < 1.29 is 9.53 Å². The van der Waals surface area contributed by atoms with Crippen LogP contribution in [0, 0.1) is 5.92 Å². The molecular formula is C25H30N2O2. The summed E-state index contributed by atoms with van der Waals surface area (Å²) in [5, 5.41) is 4.44. The van der Waals surface area contributed by atoms with Crippen molar-refractivity contribution in [1.82, 2.24) is 10.3 Å². The number of amides is 1. The van der Waals surface area contributed by atoms with E-state index in [1.807, 2.05) is 32.9 Å². The van der Waals surface area contributed by atoms with Gasteiger partial charge in [-0.3, -0.25) is 0 Å². The largest absolute Gasteiger partial charge is 0.444 e. The zero-order valence-corrected chi connectivity index (χ0v) is 17.4. The molecule has 3 aromatic rings. The number of benzene rings is 2. The molecule has 0 radical (unpaired) electrons. The van der Waals surface area contributed by atoms with Gasteiger partial charge in [0.05, 0.1) is 0 Å². The van der Waals surface area contributed by atoms with Crippen LogP contribution in [0.1, 0.15) is 50.7 Å². The molecule has 2 atom stereocenters. The first kappa shape index (κ1) is 19.6. The van der Waals surface area contributed by atoms with Crippen LogP contribution in [0.25, 0.3) is 10.9 Å². The molecule has 1 saturated carbocycles. The van der Waals surface area contributed by atoms with Gasteiger partial charge in [0.25, 0.3) is 0 Å². The van der Waals surface area contributed by atoms with Gasteiger partial charge in [-0.25, -0.2) is 4.79 Å². The number of hydrogen-bond acceptors (Lipinski definition) is 2. The first-order valence-corrected chi connectivity index (χ1v) is 10.5. The molecule has 1 fully saturated rings. The quantitative estimate of drug-likeness (QED) is 0.559. The van der Waals surface area contributed by atoms with Crippen molar-refractivity contribution in [1.29, 1.82) is 0 Å². The summed E-state index contributed by atoms with van der Waals surface area (Å²) in [7, 11) is 0. The number of rotatable bonds is 6. The molecule has 1 aliphatic carbocycles. The maximum atomic E-state index is 12.7. The number of alkyl carbamates (subject to hydrolysis) is 1. The van der Waals surface area contributed by atoms with E-state index in [1.54, 1.807) is 0 Å². The van der Waals surface area contributed by atoms with Crippen molar-refractivity contribution in [2.75, 3.05) is 0 Å². The van der Waals surface area contributed by atoms with Crippen LogP contribution < -0.4 is 5.32 Å². The Hall–Kier alpha value is -2.75. The number of hydrogen-bond donors (Lipinski definition) is 2. The van der Waals surface area contributed by atoms with Gasteiger partial charge < -0.3 is 15.0 Å². The molecular weight excluding hydrogens is 360 g/mol. The Morgan fingerprint density at radius 3 is 2.48 bits per heavy atom. The highest BCUT2D eigenvalue weighted by Gasteiger charge is 2.39. The molecule has 2 aromatic carbocycles. The van der Waals surface area contributed by atoms with Crippen molar-refractivity contribution >= 4 is 17.0 Å². The highest BCUT2D eigenvalue weighted by Crippen LogP contribution is 2.45. The van der Waals surface area contributed by atoms with E-state index in [-0.39, 0.29) is 18.1 Å². The van der Waals surface area contributed by atoms with Crippen molar-refractivity contribution in [3.05, 3.63) is 71.9 Å². The van der Waals surface area contributed by atoms with Gasteiger partial charge in [0.15, 0.2) is 0 Å². The Kier molecular flexibility index (Phi) is 5.35. The summed E-state index contributed by atoms with van der Waals surface area (Å²) in [6.45, 7) is 5.70. The van der Waals surface area contributed by atoms with Crippen molar-refractivity contribution in [2.45, 2.75) is 57.6 Å². The molecule has 1 heterocycles. The van der Waals surface area contributed by atoms with Crippen molar-refractivity contribution in [2.24, 2.45) is 5.92 Å².